The lowest BCUT2D eigenvalue weighted by molar-refractivity contribution is -0.695. The second-order valence-corrected chi connectivity index (χ2v) is 7.46. The van der Waals surface area contributed by atoms with E-state index in [1.807, 2.05) is 92.2 Å². The zero-order valence-electron chi connectivity index (χ0n) is 16.8. The van der Waals surface area contributed by atoms with Gasteiger partial charge in [0.25, 0.3) is 11.8 Å². The van der Waals surface area contributed by atoms with Crippen molar-refractivity contribution < 1.29 is 14.2 Å². The van der Waals surface area contributed by atoms with E-state index >= 15 is 0 Å². The van der Waals surface area contributed by atoms with Crippen molar-refractivity contribution in [2.75, 3.05) is 10.2 Å². The van der Waals surface area contributed by atoms with Crippen LogP contribution in [-0.2, 0) is 16.1 Å². The van der Waals surface area contributed by atoms with Crippen LogP contribution in [0.15, 0.2) is 66.9 Å². The molecule has 2 heterocycles. The van der Waals surface area contributed by atoms with Gasteiger partial charge in [-0.25, -0.2) is 0 Å². The summed E-state index contributed by atoms with van der Waals surface area (Å²) < 4.78 is 1.85. The summed E-state index contributed by atoms with van der Waals surface area (Å²) in [6.45, 7) is 6.10. The van der Waals surface area contributed by atoms with Gasteiger partial charge < -0.3 is 5.32 Å². The summed E-state index contributed by atoms with van der Waals surface area (Å²) in [4.78, 5) is 28.3. The number of para-hydroxylation sites is 2. The summed E-state index contributed by atoms with van der Waals surface area (Å²) in [6, 6.07) is 18.5. The fourth-order valence-corrected chi connectivity index (χ4v) is 3.94. The highest BCUT2D eigenvalue weighted by Gasteiger charge is 2.44. The number of aryl methyl sites for hydroxylation is 3. The monoisotopic (exact) mass is 386 g/mol. The molecular weight excluding hydrogens is 362 g/mol. The topological polar surface area (TPSA) is 53.3 Å². The van der Waals surface area contributed by atoms with E-state index in [9.17, 15) is 9.59 Å². The third-order valence-electron chi connectivity index (χ3n) is 5.44. The standard InChI is InChI=1S/C24H23N3O2/c1-16-9-4-5-12-19(16)27-21(28)15-26-14-7-6-13-20(26)23(27)24(29)25-22-17(2)10-8-11-18(22)3/h4-14,23H,15H2,1-3H3/p+1/t23-/m0/s1. The predicted molar refractivity (Wildman–Crippen MR) is 113 cm³/mol. The van der Waals surface area contributed by atoms with E-state index in [-0.39, 0.29) is 18.4 Å². The van der Waals surface area contributed by atoms with Crippen LogP contribution in [0.25, 0.3) is 0 Å². The quantitative estimate of drug-likeness (QED) is 0.699. The zero-order valence-corrected chi connectivity index (χ0v) is 16.8. The van der Waals surface area contributed by atoms with Crippen LogP contribution in [0.1, 0.15) is 28.4 Å². The summed E-state index contributed by atoms with van der Waals surface area (Å²) in [6.07, 6.45) is 1.85. The number of carbonyl (C=O) groups is 2. The highest BCUT2D eigenvalue weighted by Crippen LogP contribution is 2.32. The molecule has 146 valence electrons. The molecule has 0 fully saturated rings. The van der Waals surface area contributed by atoms with E-state index in [0.29, 0.717) is 0 Å². The van der Waals surface area contributed by atoms with Gasteiger partial charge in [0.15, 0.2) is 6.20 Å². The average molecular weight is 386 g/mol. The molecule has 0 saturated carbocycles. The largest absolute Gasteiger partial charge is 0.323 e. The third-order valence-corrected chi connectivity index (χ3v) is 5.44. The molecule has 1 N–H and O–H groups in total. The average Bonchev–Trinajstić information content (AvgIpc) is 2.70. The van der Waals surface area contributed by atoms with Gasteiger partial charge in [0.2, 0.25) is 18.3 Å². The Bertz CT molecular complexity index is 1090. The Kier molecular flexibility index (Phi) is 4.89. The summed E-state index contributed by atoms with van der Waals surface area (Å²) in [5.74, 6) is -0.330. The van der Waals surface area contributed by atoms with Gasteiger partial charge >= 0.3 is 0 Å². The van der Waals surface area contributed by atoms with Gasteiger partial charge in [-0.05, 0) is 43.5 Å². The fourth-order valence-electron chi connectivity index (χ4n) is 3.94. The Labute approximate surface area is 170 Å². The second kappa shape index (κ2) is 7.51. The number of nitrogens with zero attached hydrogens (tertiary/aromatic N) is 2. The van der Waals surface area contributed by atoms with Gasteiger partial charge in [-0.2, -0.15) is 4.57 Å². The number of hydrogen-bond acceptors (Lipinski definition) is 2. The number of carbonyl (C=O) groups excluding carboxylic acids is 2. The van der Waals surface area contributed by atoms with E-state index < -0.39 is 6.04 Å². The van der Waals surface area contributed by atoms with E-state index in [1.165, 1.54) is 0 Å². The number of amides is 2. The molecule has 0 bridgehead atoms. The SMILES string of the molecule is Cc1ccccc1N1C(=O)C[n+]2ccccc2[C@H]1C(=O)Nc1c(C)cccc1C. The van der Waals surface area contributed by atoms with Crippen molar-refractivity contribution in [1.82, 2.24) is 0 Å². The maximum atomic E-state index is 13.6. The van der Waals surface area contributed by atoms with Crippen LogP contribution in [0.4, 0.5) is 11.4 Å². The highest BCUT2D eigenvalue weighted by molar-refractivity contribution is 6.06. The summed E-state index contributed by atoms with van der Waals surface area (Å²) in [5.41, 5.74) is 5.28. The van der Waals surface area contributed by atoms with Crippen molar-refractivity contribution in [3.63, 3.8) is 0 Å². The van der Waals surface area contributed by atoms with Crippen molar-refractivity contribution in [2.24, 2.45) is 0 Å². The fraction of sp³-hybridized carbons (Fsp3) is 0.208. The van der Waals surface area contributed by atoms with Gasteiger partial charge in [-0.15, -0.1) is 0 Å². The van der Waals surface area contributed by atoms with E-state index in [1.54, 1.807) is 4.90 Å². The molecule has 5 nitrogen and oxygen atoms in total. The number of fused-ring (bicyclic) bond motifs is 1. The lowest BCUT2D eigenvalue weighted by atomic mass is 10.0. The van der Waals surface area contributed by atoms with Gasteiger partial charge in [-0.1, -0.05) is 42.5 Å². The molecule has 0 saturated heterocycles. The van der Waals surface area contributed by atoms with Crippen LogP contribution in [-0.4, -0.2) is 11.8 Å². The van der Waals surface area contributed by atoms with Gasteiger partial charge in [0.1, 0.15) is 0 Å². The molecule has 2 amide bonds. The van der Waals surface area contributed by atoms with Crippen molar-refractivity contribution in [2.45, 2.75) is 33.4 Å². The van der Waals surface area contributed by atoms with E-state index in [2.05, 4.69) is 5.32 Å². The molecule has 0 radical (unpaired) electrons. The number of rotatable bonds is 3. The number of hydrogen-bond donors (Lipinski definition) is 1. The Balaban J connectivity index is 1.82. The number of pyridine rings is 1. The lowest BCUT2D eigenvalue weighted by Gasteiger charge is -2.33. The predicted octanol–water partition coefficient (Wildman–Crippen LogP) is 3.63. The maximum Gasteiger partial charge on any atom is 0.294 e. The molecule has 0 aliphatic carbocycles. The summed E-state index contributed by atoms with van der Waals surface area (Å²) in [7, 11) is 0. The molecule has 3 aromatic rings. The number of anilines is 2. The van der Waals surface area contributed by atoms with E-state index in [0.717, 1.165) is 33.8 Å². The summed E-state index contributed by atoms with van der Waals surface area (Å²) >= 11 is 0. The number of benzene rings is 2. The van der Waals surface area contributed by atoms with Gasteiger partial charge in [0.05, 0.1) is 0 Å². The highest BCUT2D eigenvalue weighted by atomic mass is 16.2. The first kappa shape index (κ1) is 18.9. The number of nitrogens with one attached hydrogen (secondary N) is 1. The van der Waals surface area contributed by atoms with Crippen LogP contribution in [0.3, 0.4) is 0 Å². The van der Waals surface area contributed by atoms with Crippen LogP contribution in [0.5, 0.6) is 0 Å². The lowest BCUT2D eigenvalue weighted by Crippen LogP contribution is -2.58. The minimum atomic E-state index is -0.752. The molecule has 4 rings (SSSR count). The molecular formula is C24H24N3O2+. The van der Waals surface area contributed by atoms with Gasteiger partial charge in [-0.3, -0.25) is 14.5 Å². The first-order valence-electron chi connectivity index (χ1n) is 9.70. The molecule has 5 heteroatoms. The molecule has 1 aliphatic rings. The Morgan fingerprint density at radius 2 is 1.59 bits per heavy atom. The van der Waals surface area contributed by atoms with Crippen molar-refractivity contribution in [3.8, 4) is 0 Å². The minimum absolute atomic E-state index is 0.107. The molecule has 2 aromatic carbocycles. The molecule has 1 aromatic heterocycles. The van der Waals surface area contributed by atoms with Crippen molar-refractivity contribution in [1.29, 1.82) is 0 Å². The molecule has 1 aliphatic heterocycles. The minimum Gasteiger partial charge on any atom is -0.323 e. The van der Waals surface area contributed by atoms with Gasteiger partial charge in [0, 0.05) is 23.5 Å². The normalized spacial score (nSPS) is 15.8. The zero-order chi connectivity index (χ0) is 20.5. The first-order valence-corrected chi connectivity index (χ1v) is 9.70. The molecule has 0 spiro atoms. The van der Waals surface area contributed by atoms with E-state index in [4.69, 9.17) is 0 Å². The second-order valence-electron chi connectivity index (χ2n) is 7.46. The Hall–Kier alpha value is -3.47. The Morgan fingerprint density at radius 1 is 0.931 bits per heavy atom. The maximum absolute atomic E-state index is 13.6. The molecule has 1 atom stereocenters. The van der Waals surface area contributed by atoms with Crippen LogP contribution in [0, 0.1) is 20.8 Å². The number of aromatic nitrogens is 1. The van der Waals surface area contributed by atoms with Crippen molar-refractivity contribution >= 4 is 23.2 Å². The third kappa shape index (κ3) is 3.40. The summed E-state index contributed by atoms with van der Waals surface area (Å²) in [5, 5.41) is 3.08. The van der Waals surface area contributed by atoms with Crippen LogP contribution in [0.2, 0.25) is 0 Å². The molecule has 0 unspecified atom stereocenters. The first-order chi connectivity index (χ1) is 14.0. The van der Waals surface area contributed by atoms with Crippen molar-refractivity contribution in [3.05, 3.63) is 89.2 Å². The molecule has 29 heavy (non-hydrogen) atoms. The van der Waals surface area contributed by atoms with Crippen LogP contribution < -0.4 is 14.8 Å². The Morgan fingerprint density at radius 3 is 2.31 bits per heavy atom. The van der Waals surface area contributed by atoms with Crippen LogP contribution >= 0.6 is 0 Å². The smallest absolute Gasteiger partial charge is 0.294 e.